The molecule has 0 nitrogen and oxygen atoms in total. The van der Waals surface area contributed by atoms with Gasteiger partial charge in [0.05, 0.1) is 0 Å². The number of hydrogen-bond donors (Lipinski definition) is 0. The van der Waals surface area contributed by atoms with E-state index in [9.17, 15) is 0 Å². The van der Waals surface area contributed by atoms with Gasteiger partial charge >= 0.3 is 0 Å². The van der Waals surface area contributed by atoms with Crippen molar-refractivity contribution in [3.8, 4) is 0 Å². The molecule has 0 bridgehead atoms. The van der Waals surface area contributed by atoms with Gasteiger partial charge in [-0.05, 0) is 92.6 Å². The van der Waals surface area contributed by atoms with Crippen LogP contribution in [-0.2, 0) is 6.42 Å². The topological polar surface area (TPSA) is 0 Å². The second kappa shape index (κ2) is 11.1. The lowest BCUT2D eigenvalue weighted by Gasteiger charge is -2.28. The standard InChI is InChI=1S/C27H42/c1-3-5-6-7-23-8-10-24(11-9-23)12-13-25-16-20-27(21-17-25)26-18-14-22(4-2)15-19-26/h8,10,16-17,20-24,26H,3-7,9,11-15,18-19H2,1-2H3. The van der Waals surface area contributed by atoms with E-state index in [-0.39, 0.29) is 0 Å². The first-order valence-electron chi connectivity index (χ1n) is 12.1. The van der Waals surface area contributed by atoms with Gasteiger partial charge in [0.15, 0.2) is 0 Å². The Morgan fingerprint density at radius 2 is 1.41 bits per heavy atom. The molecular formula is C27H42. The van der Waals surface area contributed by atoms with Gasteiger partial charge in [0, 0.05) is 0 Å². The molecule has 0 spiro atoms. The van der Waals surface area contributed by atoms with Gasteiger partial charge in [-0.1, -0.05) is 75.9 Å². The van der Waals surface area contributed by atoms with Crippen LogP contribution < -0.4 is 0 Å². The van der Waals surface area contributed by atoms with Crippen LogP contribution in [0.1, 0.15) is 108 Å². The molecule has 0 radical (unpaired) electrons. The molecule has 0 aromatic heterocycles. The highest BCUT2D eigenvalue weighted by Gasteiger charge is 2.21. The maximum Gasteiger partial charge on any atom is -0.0162 e. The summed E-state index contributed by atoms with van der Waals surface area (Å²) in [6, 6.07) is 9.71. The van der Waals surface area contributed by atoms with Crippen LogP contribution in [0.4, 0.5) is 0 Å². The second-order valence-electron chi connectivity index (χ2n) is 9.38. The average Bonchev–Trinajstić information content (AvgIpc) is 2.74. The summed E-state index contributed by atoms with van der Waals surface area (Å²) in [5, 5.41) is 0. The van der Waals surface area contributed by atoms with E-state index in [1.54, 1.807) is 11.1 Å². The molecule has 2 unspecified atom stereocenters. The Morgan fingerprint density at radius 3 is 2.00 bits per heavy atom. The molecule has 2 atom stereocenters. The van der Waals surface area contributed by atoms with Gasteiger partial charge in [0.25, 0.3) is 0 Å². The molecule has 27 heavy (non-hydrogen) atoms. The summed E-state index contributed by atoms with van der Waals surface area (Å²) < 4.78 is 0. The predicted molar refractivity (Wildman–Crippen MR) is 119 cm³/mol. The second-order valence-corrected chi connectivity index (χ2v) is 9.38. The van der Waals surface area contributed by atoms with Gasteiger partial charge in [-0.25, -0.2) is 0 Å². The summed E-state index contributed by atoms with van der Waals surface area (Å²) >= 11 is 0. The lowest BCUT2D eigenvalue weighted by atomic mass is 9.77. The Morgan fingerprint density at radius 1 is 0.741 bits per heavy atom. The van der Waals surface area contributed by atoms with Crippen molar-refractivity contribution in [3.05, 3.63) is 47.5 Å². The van der Waals surface area contributed by atoms with Crippen molar-refractivity contribution >= 4 is 0 Å². The molecule has 0 N–H and O–H groups in total. The number of aryl methyl sites for hydroxylation is 1. The predicted octanol–water partition coefficient (Wildman–Crippen LogP) is 8.47. The molecule has 150 valence electrons. The fourth-order valence-electron chi connectivity index (χ4n) is 5.29. The monoisotopic (exact) mass is 366 g/mol. The van der Waals surface area contributed by atoms with Gasteiger partial charge in [-0.3, -0.25) is 0 Å². The lowest BCUT2D eigenvalue weighted by molar-refractivity contribution is 0.319. The van der Waals surface area contributed by atoms with Crippen molar-refractivity contribution in [2.75, 3.05) is 0 Å². The van der Waals surface area contributed by atoms with E-state index in [1.165, 1.54) is 83.5 Å². The summed E-state index contributed by atoms with van der Waals surface area (Å²) in [6.45, 7) is 4.66. The molecule has 0 amide bonds. The first kappa shape index (κ1) is 20.7. The summed E-state index contributed by atoms with van der Waals surface area (Å²) in [7, 11) is 0. The van der Waals surface area contributed by atoms with Crippen LogP contribution >= 0.6 is 0 Å². The minimum Gasteiger partial charge on any atom is -0.0851 e. The SMILES string of the molecule is CCCCCC1C=CC(CCc2ccc(C3CCC(CC)CC3)cc2)CC1. The van der Waals surface area contributed by atoms with E-state index in [4.69, 9.17) is 0 Å². The molecule has 3 rings (SSSR count). The van der Waals surface area contributed by atoms with Crippen LogP contribution in [0.5, 0.6) is 0 Å². The molecule has 1 saturated carbocycles. The van der Waals surface area contributed by atoms with Crippen molar-refractivity contribution in [1.29, 1.82) is 0 Å². The average molecular weight is 367 g/mol. The Labute approximate surface area is 168 Å². The number of benzene rings is 1. The maximum absolute atomic E-state index is 2.54. The Kier molecular flexibility index (Phi) is 8.49. The summed E-state index contributed by atoms with van der Waals surface area (Å²) in [5.74, 6) is 3.51. The van der Waals surface area contributed by atoms with Crippen LogP contribution in [-0.4, -0.2) is 0 Å². The Balaban J connectivity index is 1.40. The number of hydrogen-bond acceptors (Lipinski definition) is 0. The normalized spacial score (nSPS) is 28.4. The Hall–Kier alpha value is -1.04. The molecule has 1 aromatic carbocycles. The van der Waals surface area contributed by atoms with E-state index in [0.29, 0.717) is 0 Å². The van der Waals surface area contributed by atoms with Gasteiger partial charge in [-0.2, -0.15) is 0 Å². The first-order chi connectivity index (χ1) is 13.3. The smallest absolute Gasteiger partial charge is 0.0162 e. The highest BCUT2D eigenvalue weighted by Crippen LogP contribution is 2.37. The van der Waals surface area contributed by atoms with E-state index >= 15 is 0 Å². The highest BCUT2D eigenvalue weighted by atomic mass is 14.3. The zero-order valence-electron chi connectivity index (χ0n) is 18.0. The molecule has 0 saturated heterocycles. The van der Waals surface area contributed by atoms with Crippen LogP contribution in [0.25, 0.3) is 0 Å². The fraction of sp³-hybridized carbons (Fsp3) is 0.704. The number of rotatable bonds is 9. The third-order valence-corrected chi connectivity index (χ3v) is 7.42. The fourth-order valence-corrected chi connectivity index (χ4v) is 5.29. The summed E-state index contributed by atoms with van der Waals surface area (Å²) in [4.78, 5) is 0. The van der Waals surface area contributed by atoms with Crippen molar-refractivity contribution < 1.29 is 0 Å². The van der Waals surface area contributed by atoms with Crippen LogP contribution in [0.15, 0.2) is 36.4 Å². The molecule has 0 aliphatic heterocycles. The zero-order chi connectivity index (χ0) is 18.9. The number of allylic oxidation sites excluding steroid dienone is 2. The minimum absolute atomic E-state index is 0.816. The van der Waals surface area contributed by atoms with Gasteiger partial charge in [-0.15, -0.1) is 0 Å². The molecule has 1 fully saturated rings. The van der Waals surface area contributed by atoms with Crippen molar-refractivity contribution in [1.82, 2.24) is 0 Å². The van der Waals surface area contributed by atoms with Gasteiger partial charge in [0.2, 0.25) is 0 Å². The maximum atomic E-state index is 2.54. The quantitative estimate of drug-likeness (QED) is 0.304. The van der Waals surface area contributed by atoms with Crippen LogP contribution in [0, 0.1) is 17.8 Å². The van der Waals surface area contributed by atoms with E-state index in [1.807, 2.05) is 0 Å². The van der Waals surface area contributed by atoms with Gasteiger partial charge in [0.1, 0.15) is 0 Å². The third kappa shape index (κ3) is 6.51. The van der Waals surface area contributed by atoms with Crippen molar-refractivity contribution in [3.63, 3.8) is 0 Å². The summed E-state index contributed by atoms with van der Waals surface area (Å²) in [6.07, 6.45) is 23.2. The Bertz CT molecular complexity index is 544. The lowest BCUT2D eigenvalue weighted by Crippen LogP contribution is -2.12. The van der Waals surface area contributed by atoms with Crippen LogP contribution in [0.3, 0.4) is 0 Å². The minimum atomic E-state index is 0.816. The van der Waals surface area contributed by atoms with Crippen molar-refractivity contribution in [2.24, 2.45) is 17.8 Å². The van der Waals surface area contributed by atoms with Crippen molar-refractivity contribution in [2.45, 2.75) is 103 Å². The first-order valence-corrected chi connectivity index (χ1v) is 12.1. The van der Waals surface area contributed by atoms with E-state index in [2.05, 4.69) is 50.3 Å². The highest BCUT2D eigenvalue weighted by molar-refractivity contribution is 5.26. The molecule has 2 aliphatic rings. The molecule has 2 aliphatic carbocycles. The van der Waals surface area contributed by atoms with E-state index < -0.39 is 0 Å². The molecule has 1 aromatic rings. The van der Waals surface area contributed by atoms with Crippen LogP contribution in [0.2, 0.25) is 0 Å². The van der Waals surface area contributed by atoms with Gasteiger partial charge < -0.3 is 0 Å². The third-order valence-electron chi connectivity index (χ3n) is 7.42. The molecular weight excluding hydrogens is 324 g/mol. The zero-order valence-corrected chi connectivity index (χ0v) is 18.0. The summed E-state index contributed by atoms with van der Waals surface area (Å²) in [5.41, 5.74) is 3.14. The molecule has 0 heteroatoms. The molecule has 0 heterocycles. The largest absolute Gasteiger partial charge is 0.0851 e. The number of unbranched alkanes of at least 4 members (excludes halogenated alkanes) is 2. The van der Waals surface area contributed by atoms with E-state index in [0.717, 1.165) is 23.7 Å².